The Kier molecular flexibility index (Phi) is 8.49. The van der Waals surface area contributed by atoms with Crippen LogP contribution in [0.25, 0.3) is 28.1 Å². The average Bonchev–Trinajstić information content (AvgIpc) is 3.53. The number of benzene rings is 1. The Morgan fingerprint density at radius 1 is 1.11 bits per heavy atom. The zero-order valence-corrected chi connectivity index (χ0v) is 21.9. The molecule has 4 heterocycles. The van der Waals surface area contributed by atoms with Crippen molar-refractivity contribution in [2.75, 3.05) is 26.8 Å². The van der Waals surface area contributed by atoms with E-state index in [9.17, 15) is 13.2 Å². The molecule has 1 fully saturated rings. The lowest BCUT2D eigenvalue weighted by molar-refractivity contribution is -0.183. The van der Waals surface area contributed by atoms with Crippen LogP contribution in [0.5, 0.6) is 5.75 Å². The first-order valence-electron chi connectivity index (χ1n) is 12.7. The van der Waals surface area contributed by atoms with Crippen LogP contribution in [0.3, 0.4) is 0 Å². The monoisotopic (exact) mass is 530 g/mol. The van der Waals surface area contributed by atoms with Gasteiger partial charge in [0, 0.05) is 43.9 Å². The minimum absolute atomic E-state index is 0.0617. The molecule has 2 N–H and O–H groups in total. The molecule has 204 valence electrons. The molecule has 38 heavy (non-hydrogen) atoms. The number of hydrogen-bond acceptors (Lipinski definition) is 7. The molecule has 1 aromatic carbocycles. The summed E-state index contributed by atoms with van der Waals surface area (Å²) in [5.41, 5.74) is 7.59. The lowest BCUT2D eigenvalue weighted by Gasteiger charge is -2.30. The van der Waals surface area contributed by atoms with Crippen LogP contribution in [0.1, 0.15) is 38.8 Å². The van der Waals surface area contributed by atoms with Crippen molar-refractivity contribution >= 4 is 16.6 Å². The molecule has 0 spiro atoms. The van der Waals surface area contributed by atoms with Gasteiger partial charge < -0.3 is 15.2 Å². The molecule has 1 aliphatic heterocycles. The van der Waals surface area contributed by atoms with Gasteiger partial charge in [-0.25, -0.2) is 4.98 Å². The largest absolute Gasteiger partial charge is 0.491 e. The maximum absolute atomic E-state index is 14.1. The fourth-order valence-corrected chi connectivity index (χ4v) is 4.49. The fraction of sp³-hybridized carbons (Fsp3) is 0.444. The molecule has 0 amide bonds. The van der Waals surface area contributed by atoms with Gasteiger partial charge in [-0.15, -0.1) is 10.2 Å². The standard InChI is InChI=1S/C25H27F3N6O2.C2H6/c1-15(35-2)14-36-19-6-3-16-4-7-20(30-21(16)11-19)24-32-31-22-8-5-17(12-34(22)24)23(25(26,27)28)33-10-9-18(29)13-33;1-2/h3-8,11-12,15,18,23H,9-10,13-14,29H2,1-2H3;1-2H3. The van der Waals surface area contributed by atoms with Crippen LogP contribution in [-0.4, -0.2) is 69.6 Å². The Morgan fingerprint density at radius 3 is 2.55 bits per heavy atom. The number of nitrogens with zero attached hydrogens (tertiary/aromatic N) is 5. The third-order valence-electron chi connectivity index (χ3n) is 6.45. The van der Waals surface area contributed by atoms with Crippen molar-refractivity contribution in [1.82, 2.24) is 24.5 Å². The molecule has 0 bridgehead atoms. The predicted molar refractivity (Wildman–Crippen MR) is 140 cm³/mol. The van der Waals surface area contributed by atoms with Crippen molar-refractivity contribution in [3.63, 3.8) is 0 Å². The topological polar surface area (TPSA) is 90.8 Å². The number of ether oxygens (including phenoxy) is 2. The second-order valence-electron chi connectivity index (χ2n) is 9.11. The molecule has 5 rings (SSSR count). The molecule has 1 aliphatic rings. The molecular weight excluding hydrogens is 497 g/mol. The van der Waals surface area contributed by atoms with Crippen molar-refractivity contribution in [3.8, 4) is 17.3 Å². The van der Waals surface area contributed by atoms with Crippen LogP contribution >= 0.6 is 0 Å². The Balaban J connectivity index is 0.00000164. The van der Waals surface area contributed by atoms with Crippen molar-refractivity contribution in [3.05, 3.63) is 54.2 Å². The summed E-state index contributed by atoms with van der Waals surface area (Å²) < 4.78 is 54.9. The van der Waals surface area contributed by atoms with Gasteiger partial charge >= 0.3 is 6.18 Å². The van der Waals surface area contributed by atoms with Gasteiger partial charge in [-0.05, 0) is 43.2 Å². The number of halogens is 3. The van der Waals surface area contributed by atoms with Gasteiger partial charge in [0.15, 0.2) is 11.5 Å². The Bertz CT molecular complexity index is 1380. The molecule has 3 atom stereocenters. The minimum atomic E-state index is -4.45. The van der Waals surface area contributed by atoms with Crippen LogP contribution in [0.4, 0.5) is 13.2 Å². The third-order valence-corrected chi connectivity index (χ3v) is 6.45. The number of hydrogen-bond donors (Lipinski definition) is 1. The smallest absolute Gasteiger partial charge is 0.408 e. The van der Waals surface area contributed by atoms with Gasteiger partial charge in [-0.1, -0.05) is 26.0 Å². The van der Waals surface area contributed by atoms with Gasteiger partial charge in [0.1, 0.15) is 24.1 Å². The maximum Gasteiger partial charge on any atom is 0.408 e. The molecule has 3 aromatic heterocycles. The van der Waals surface area contributed by atoms with Gasteiger partial charge in [0.05, 0.1) is 11.6 Å². The number of methoxy groups -OCH3 is 1. The first kappa shape index (κ1) is 27.7. The summed E-state index contributed by atoms with van der Waals surface area (Å²) in [5.74, 6) is 0.994. The summed E-state index contributed by atoms with van der Waals surface area (Å²) in [4.78, 5) is 6.09. The van der Waals surface area contributed by atoms with E-state index in [0.29, 0.717) is 41.5 Å². The molecule has 3 unspecified atom stereocenters. The summed E-state index contributed by atoms with van der Waals surface area (Å²) in [5, 5.41) is 9.26. The lowest BCUT2D eigenvalue weighted by Crippen LogP contribution is -2.38. The van der Waals surface area contributed by atoms with Gasteiger partial charge in [0.2, 0.25) is 0 Å². The molecule has 0 aliphatic carbocycles. The normalized spacial score (nSPS) is 17.8. The van der Waals surface area contributed by atoms with E-state index in [1.54, 1.807) is 23.6 Å². The summed E-state index contributed by atoms with van der Waals surface area (Å²) in [6.45, 7) is 6.78. The summed E-state index contributed by atoms with van der Waals surface area (Å²) in [6.07, 6.45) is -2.54. The van der Waals surface area contributed by atoms with E-state index in [0.717, 1.165) is 5.39 Å². The summed E-state index contributed by atoms with van der Waals surface area (Å²) in [6, 6.07) is 10.2. The van der Waals surface area contributed by atoms with Crippen molar-refractivity contribution in [1.29, 1.82) is 0 Å². The van der Waals surface area contributed by atoms with E-state index in [-0.39, 0.29) is 30.8 Å². The van der Waals surface area contributed by atoms with E-state index in [1.165, 1.54) is 17.2 Å². The van der Waals surface area contributed by atoms with Crippen LogP contribution in [0, 0.1) is 0 Å². The molecule has 0 saturated carbocycles. The predicted octanol–water partition coefficient (Wildman–Crippen LogP) is 5.02. The molecule has 11 heteroatoms. The van der Waals surface area contributed by atoms with E-state index < -0.39 is 12.2 Å². The Hall–Kier alpha value is -3.28. The highest BCUT2D eigenvalue weighted by Gasteiger charge is 2.46. The molecule has 1 saturated heterocycles. The quantitative estimate of drug-likeness (QED) is 0.359. The van der Waals surface area contributed by atoms with Gasteiger partial charge in [-0.2, -0.15) is 13.2 Å². The van der Waals surface area contributed by atoms with Crippen molar-refractivity contribution in [2.24, 2.45) is 5.73 Å². The highest BCUT2D eigenvalue weighted by molar-refractivity contribution is 5.82. The van der Waals surface area contributed by atoms with Crippen LogP contribution in [0.15, 0.2) is 48.7 Å². The van der Waals surface area contributed by atoms with E-state index in [2.05, 4.69) is 10.2 Å². The van der Waals surface area contributed by atoms with Gasteiger partial charge in [0.25, 0.3) is 0 Å². The Morgan fingerprint density at radius 2 is 1.87 bits per heavy atom. The highest BCUT2D eigenvalue weighted by atomic mass is 19.4. The molecular formula is C27H33F3N6O2. The average molecular weight is 531 g/mol. The number of fused-ring (bicyclic) bond motifs is 2. The summed E-state index contributed by atoms with van der Waals surface area (Å²) in [7, 11) is 1.62. The van der Waals surface area contributed by atoms with Crippen LogP contribution < -0.4 is 10.5 Å². The van der Waals surface area contributed by atoms with Crippen LogP contribution in [-0.2, 0) is 4.74 Å². The lowest BCUT2D eigenvalue weighted by atomic mass is 10.1. The first-order chi connectivity index (χ1) is 18.2. The number of pyridine rings is 2. The second kappa shape index (κ2) is 11.6. The maximum atomic E-state index is 14.1. The third kappa shape index (κ3) is 5.90. The number of likely N-dealkylation sites (tertiary alicyclic amines) is 1. The van der Waals surface area contributed by atoms with E-state index in [1.807, 2.05) is 45.0 Å². The molecule has 8 nitrogen and oxygen atoms in total. The number of alkyl halides is 3. The second-order valence-corrected chi connectivity index (χ2v) is 9.11. The first-order valence-corrected chi connectivity index (χ1v) is 12.7. The fourth-order valence-electron chi connectivity index (χ4n) is 4.49. The number of nitrogens with two attached hydrogens (primary N) is 1. The highest BCUT2D eigenvalue weighted by Crippen LogP contribution is 2.39. The van der Waals surface area contributed by atoms with Crippen molar-refractivity contribution in [2.45, 2.75) is 51.6 Å². The molecule has 4 aromatic rings. The van der Waals surface area contributed by atoms with E-state index >= 15 is 0 Å². The van der Waals surface area contributed by atoms with Gasteiger partial charge in [-0.3, -0.25) is 9.30 Å². The van der Waals surface area contributed by atoms with Crippen molar-refractivity contribution < 1.29 is 22.6 Å². The zero-order valence-electron chi connectivity index (χ0n) is 21.9. The molecule has 0 radical (unpaired) electrons. The van der Waals surface area contributed by atoms with Crippen LogP contribution in [0.2, 0.25) is 0 Å². The van der Waals surface area contributed by atoms with E-state index in [4.69, 9.17) is 20.2 Å². The SMILES string of the molecule is CC.COC(C)COc1ccc2ccc(-c3nnc4ccc(C(N5CCC(N)C5)C(F)(F)F)cn34)nc2c1. The summed E-state index contributed by atoms with van der Waals surface area (Å²) >= 11 is 0. The number of aromatic nitrogens is 4. The Labute approximate surface area is 219 Å². The minimum Gasteiger partial charge on any atom is -0.491 e. The zero-order chi connectivity index (χ0) is 27.4. The number of rotatable bonds is 7.